The maximum absolute atomic E-state index is 12.8. The maximum Gasteiger partial charge on any atom is 0.223 e. The Kier molecular flexibility index (Phi) is 4.21. The third-order valence-electron chi connectivity index (χ3n) is 6.04. The van der Waals surface area contributed by atoms with Crippen LogP contribution in [0.4, 0.5) is 0 Å². The Morgan fingerprint density at radius 1 is 1.25 bits per heavy atom. The summed E-state index contributed by atoms with van der Waals surface area (Å²) in [4.78, 5) is 14.8. The van der Waals surface area contributed by atoms with Gasteiger partial charge in [-0.1, -0.05) is 35.9 Å². The number of hydrogen-bond acceptors (Lipinski definition) is 2. The summed E-state index contributed by atoms with van der Waals surface area (Å²) < 4.78 is 6.07. The van der Waals surface area contributed by atoms with E-state index in [9.17, 15) is 4.79 Å². The minimum absolute atomic E-state index is 0.0981. The second-order valence-electron chi connectivity index (χ2n) is 7.67. The van der Waals surface area contributed by atoms with Gasteiger partial charge in [-0.25, -0.2) is 0 Å². The molecular weight excluding hydrogens is 298 g/mol. The van der Waals surface area contributed by atoms with E-state index in [2.05, 4.69) is 42.2 Å². The zero-order chi connectivity index (χ0) is 16.6. The SMILES string of the molecule is CC1=CC2(CCN(C(=O)CC3CCc4ccccc43)CC2)OCC1. The molecule has 2 heterocycles. The maximum atomic E-state index is 12.8. The third-order valence-corrected chi connectivity index (χ3v) is 6.04. The minimum Gasteiger partial charge on any atom is -0.370 e. The first kappa shape index (κ1) is 15.9. The van der Waals surface area contributed by atoms with E-state index in [1.165, 1.54) is 16.7 Å². The number of rotatable bonds is 2. The summed E-state index contributed by atoms with van der Waals surface area (Å²) in [5.41, 5.74) is 4.17. The van der Waals surface area contributed by atoms with E-state index in [-0.39, 0.29) is 5.60 Å². The number of likely N-dealkylation sites (tertiary alicyclic amines) is 1. The molecule has 4 rings (SSSR count). The summed E-state index contributed by atoms with van der Waals surface area (Å²) in [5, 5.41) is 0. The molecule has 24 heavy (non-hydrogen) atoms. The molecule has 1 atom stereocenters. The molecule has 1 aromatic carbocycles. The fraction of sp³-hybridized carbons (Fsp3) is 0.571. The van der Waals surface area contributed by atoms with Crippen LogP contribution in [0, 0.1) is 0 Å². The Morgan fingerprint density at radius 2 is 2.04 bits per heavy atom. The van der Waals surface area contributed by atoms with Crippen LogP contribution in [-0.4, -0.2) is 36.1 Å². The fourth-order valence-electron chi connectivity index (χ4n) is 4.60. The van der Waals surface area contributed by atoms with Gasteiger partial charge in [0.15, 0.2) is 0 Å². The number of carbonyl (C=O) groups is 1. The first-order valence-electron chi connectivity index (χ1n) is 9.33. The second-order valence-corrected chi connectivity index (χ2v) is 7.67. The molecule has 128 valence electrons. The number of fused-ring (bicyclic) bond motifs is 1. The highest BCUT2D eigenvalue weighted by molar-refractivity contribution is 5.77. The quantitative estimate of drug-likeness (QED) is 0.773. The molecule has 1 saturated heterocycles. The number of hydrogen-bond donors (Lipinski definition) is 0. The predicted molar refractivity (Wildman–Crippen MR) is 95.0 cm³/mol. The van der Waals surface area contributed by atoms with E-state index >= 15 is 0 Å². The molecule has 1 spiro atoms. The topological polar surface area (TPSA) is 29.5 Å². The van der Waals surface area contributed by atoms with Gasteiger partial charge in [-0.2, -0.15) is 0 Å². The molecule has 3 aliphatic rings. The van der Waals surface area contributed by atoms with Gasteiger partial charge in [0.25, 0.3) is 0 Å². The van der Waals surface area contributed by atoms with E-state index in [1.807, 2.05) is 0 Å². The van der Waals surface area contributed by atoms with Crippen molar-refractivity contribution >= 4 is 5.91 Å². The van der Waals surface area contributed by atoms with Gasteiger partial charge in [0, 0.05) is 19.5 Å². The molecule has 3 nitrogen and oxygen atoms in total. The summed E-state index contributed by atoms with van der Waals surface area (Å²) in [6, 6.07) is 8.61. The van der Waals surface area contributed by atoms with Gasteiger partial charge in [-0.3, -0.25) is 4.79 Å². The lowest BCUT2D eigenvalue weighted by Gasteiger charge is -2.42. The van der Waals surface area contributed by atoms with Crippen LogP contribution >= 0.6 is 0 Å². The summed E-state index contributed by atoms with van der Waals surface area (Å²) in [6.45, 7) is 4.68. The summed E-state index contributed by atoms with van der Waals surface area (Å²) in [6.07, 6.45) is 8.15. The molecule has 2 aliphatic heterocycles. The predicted octanol–water partition coefficient (Wildman–Crippen LogP) is 3.83. The van der Waals surface area contributed by atoms with Crippen molar-refractivity contribution in [3.05, 3.63) is 47.0 Å². The number of ether oxygens (including phenoxy) is 1. The number of benzene rings is 1. The first-order chi connectivity index (χ1) is 11.7. The zero-order valence-electron chi connectivity index (χ0n) is 14.6. The molecule has 0 saturated carbocycles. The van der Waals surface area contributed by atoms with Crippen molar-refractivity contribution in [1.29, 1.82) is 0 Å². The highest BCUT2D eigenvalue weighted by atomic mass is 16.5. The molecule has 0 bridgehead atoms. The molecule has 1 unspecified atom stereocenters. The van der Waals surface area contributed by atoms with Gasteiger partial charge in [0.05, 0.1) is 12.2 Å². The van der Waals surface area contributed by atoms with Crippen LogP contribution in [0.25, 0.3) is 0 Å². The zero-order valence-corrected chi connectivity index (χ0v) is 14.6. The molecule has 0 radical (unpaired) electrons. The second kappa shape index (κ2) is 6.36. The Morgan fingerprint density at radius 3 is 2.83 bits per heavy atom. The van der Waals surface area contributed by atoms with Crippen molar-refractivity contribution in [2.75, 3.05) is 19.7 Å². The number of carbonyl (C=O) groups excluding carboxylic acids is 1. The van der Waals surface area contributed by atoms with Gasteiger partial charge in [0.1, 0.15) is 0 Å². The fourth-order valence-corrected chi connectivity index (χ4v) is 4.60. The Labute approximate surface area is 144 Å². The van der Waals surface area contributed by atoms with Crippen LogP contribution < -0.4 is 0 Å². The van der Waals surface area contributed by atoms with Crippen molar-refractivity contribution in [2.24, 2.45) is 0 Å². The van der Waals surface area contributed by atoms with Crippen molar-refractivity contribution in [2.45, 2.75) is 57.0 Å². The summed E-state index contributed by atoms with van der Waals surface area (Å²) in [5.74, 6) is 0.737. The Balaban J connectivity index is 1.37. The molecule has 0 aromatic heterocycles. The van der Waals surface area contributed by atoms with Crippen molar-refractivity contribution in [1.82, 2.24) is 4.90 Å². The highest BCUT2D eigenvalue weighted by Crippen LogP contribution is 2.37. The summed E-state index contributed by atoms with van der Waals surface area (Å²) >= 11 is 0. The largest absolute Gasteiger partial charge is 0.370 e. The van der Waals surface area contributed by atoms with E-state index in [4.69, 9.17) is 4.74 Å². The van der Waals surface area contributed by atoms with Crippen molar-refractivity contribution in [3.8, 4) is 0 Å². The van der Waals surface area contributed by atoms with Crippen LogP contribution in [0.5, 0.6) is 0 Å². The van der Waals surface area contributed by atoms with E-state index in [1.54, 1.807) is 0 Å². The molecule has 0 N–H and O–H groups in total. The number of nitrogens with zero attached hydrogens (tertiary/aromatic N) is 1. The Bertz CT molecular complexity index is 656. The lowest BCUT2D eigenvalue weighted by Crippen LogP contribution is -2.48. The number of piperidine rings is 1. The number of aryl methyl sites for hydroxylation is 1. The minimum atomic E-state index is -0.0981. The van der Waals surface area contributed by atoms with E-state index in [0.717, 1.165) is 51.8 Å². The van der Waals surface area contributed by atoms with E-state index in [0.29, 0.717) is 18.2 Å². The molecule has 1 aliphatic carbocycles. The average molecular weight is 325 g/mol. The Hall–Kier alpha value is -1.61. The highest BCUT2D eigenvalue weighted by Gasteiger charge is 2.37. The lowest BCUT2D eigenvalue weighted by molar-refractivity contribution is -0.136. The van der Waals surface area contributed by atoms with Gasteiger partial charge in [0.2, 0.25) is 5.91 Å². The van der Waals surface area contributed by atoms with Gasteiger partial charge in [-0.15, -0.1) is 0 Å². The van der Waals surface area contributed by atoms with Crippen molar-refractivity contribution < 1.29 is 9.53 Å². The average Bonchev–Trinajstić information content (AvgIpc) is 2.98. The third kappa shape index (κ3) is 3.02. The van der Waals surface area contributed by atoms with Gasteiger partial charge < -0.3 is 9.64 Å². The molecule has 1 aromatic rings. The van der Waals surface area contributed by atoms with Gasteiger partial charge in [-0.05, 0) is 56.1 Å². The number of amides is 1. The first-order valence-corrected chi connectivity index (χ1v) is 9.33. The van der Waals surface area contributed by atoms with Crippen LogP contribution in [0.2, 0.25) is 0 Å². The van der Waals surface area contributed by atoms with Crippen molar-refractivity contribution in [3.63, 3.8) is 0 Å². The molecule has 1 fully saturated rings. The normalized spacial score (nSPS) is 25.5. The molecule has 3 heteroatoms. The smallest absolute Gasteiger partial charge is 0.223 e. The van der Waals surface area contributed by atoms with Crippen LogP contribution in [0.3, 0.4) is 0 Å². The van der Waals surface area contributed by atoms with Crippen LogP contribution in [-0.2, 0) is 16.0 Å². The van der Waals surface area contributed by atoms with Crippen LogP contribution in [0.15, 0.2) is 35.9 Å². The molecule has 1 amide bonds. The molecular formula is C21H27NO2. The monoisotopic (exact) mass is 325 g/mol. The summed E-state index contributed by atoms with van der Waals surface area (Å²) in [7, 11) is 0. The van der Waals surface area contributed by atoms with E-state index < -0.39 is 0 Å². The lowest BCUT2D eigenvalue weighted by atomic mass is 9.86. The van der Waals surface area contributed by atoms with Gasteiger partial charge >= 0.3 is 0 Å². The van der Waals surface area contributed by atoms with Crippen LogP contribution in [0.1, 0.15) is 56.1 Å². The standard InChI is InChI=1S/C21H27NO2/c1-16-8-13-24-21(15-16)9-11-22(12-10-21)20(23)14-18-7-6-17-4-2-3-5-19(17)18/h2-5,15,18H,6-14H2,1H3.